The molecule has 0 aliphatic carbocycles. The molecule has 0 aromatic rings. The highest BCUT2D eigenvalue weighted by molar-refractivity contribution is 4.93. The van der Waals surface area contributed by atoms with Crippen LogP contribution in [0.2, 0.25) is 0 Å². The summed E-state index contributed by atoms with van der Waals surface area (Å²) in [5.41, 5.74) is 0.0748. The zero-order valence-corrected chi connectivity index (χ0v) is 8.50. The van der Waals surface area contributed by atoms with Gasteiger partial charge in [0.1, 0.15) is 0 Å². The molecule has 14 heavy (non-hydrogen) atoms. The summed E-state index contributed by atoms with van der Waals surface area (Å²) in [6.45, 7) is 3.33. The normalized spacial score (nSPS) is 31.1. The summed E-state index contributed by atoms with van der Waals surface area (Å²) in [5, 5.41) is 12.0. The summed E-state index contributed by atoms with van der Waals surface area (Å²) in [6, 6.07) is 0. The van der Waals surface area contributed by atoms with E-state index in [1.54, 1.807) is 0 Å². The molecule has 0 radical (unpaired) electrons. The van der Waals surface area contributed by atoms with Gasteiger partial charge in [0.25, 0.3) is 0 Å². The number of rotatable bonds is 3. The molecule has 1 unspecified atom stereocenters. The average Bonchev–Trinajstić information content (AvgIpc) is 2.60. The number of hydrogen-bond acceptors (Lipinski definition) is 4. The molecule has 0 amide bonds. The van der Waals surface area contributed by atoms with E-state index in [9.17, 15) is 0 Å². The third-order valence-corrected chi connectivity index (χ3v) is 3.13. The van der Waals surface area contributed by atoms with E-state index in [0.717, 1.165) is 32.4 Å². The van der Waals surface area contributed by atoms with E-state index < -0.39 is 0 Å². The summed E-state index contributed by atoms with van der Waals surface area (Å²) in [5.74, 6) is 0. The van der Waals surface area contributed by atoms with Crippen molar-refractivity contribution in [2.24, 2.45) is 0 Å². The molecule has 0 saturated carbocycles. The Bertz CT molecular complexity index is 180. The van der Waals surface area contributed by atoms with Crippen molar-refractivity contribution in [3.63, 3.8) is 0 Å². The second kappa shape index (κ2) is 4.57. The maximum Gasteiger partial charge on any atom is 0.0837 e. The van der Waals surface area contributed by atoms with Crippen LogP contribution in [0.15, 0.2) is 0 Å². The van der Waals surface area contributed by atoms with E-state index in [0.29, 0.717) is 13.2 Å². The number of aliphatic hydroxyl groups is 1. The van der Waals surface area contributed by atoms with Crippen LogP contribution in [-0.2, 0) is 9.47 Å². The van der Waals surface area contributed by atoms with Gasteiger partial charge in [-0.1, -0.05) is 0 Å². The van der Waals surface area contributed by atoms with Crippen LogP contribution in [0.5, 0.6) is 0 Å². The number of piperidine rings is 1. The molecule has 2 N–H and O–H groups in total. The SMILES string of the molecule is OCCOC1COC2(CCNCC2)C1. The summed E-state index contributed by atoms with van der Waals surface area (Å²) >= 11 is 0. The van der Waals surface area contributed by atoms with Gasteiger partial charge in [-0.3, -0.25) is 0 Å². The van der Waals surface area contributed by atoms with Crippen molar-refractivity contribution in [2.45, 2.75) is 31.0 Å². The standard InChI is InChI=1S/C10H19NO3/c12-5-6-13-9-7-10(14-8-9)1-3-11-4-2-10/h9,11-12H,1-8H2. The molecule has 2 saturated heterocycles. The molecule has 2 aliphatic heterocycles. The fraction of sp³-hybridized carbons (Fsp3) is 1.00. The lowest BCUT2D eigenvalue weighted by atomic mass is 9.89. The van der Waals surface area contributed by atoms with Crippen LogP contribution in [0.1, 0.15) is 19.3 Å². The van der Waals surface area contributed by atoms with Gasteiger partial charge in [0.05, 0.1) is 31.5 Å². The van der Waals surface area contributed by atoms with E-state index in [-0.39, 0.29) is 18.3 Å². The monoisotopic (exact) mass is 201 g/mol. The van der Waals surface area contributed by atoms with Crippen molar-refractivity contribution in [1.29, 1.82) is 0 Å². The second-order valence-corrected chi connectivity index (χ2v) is 4.16. The maximum atomic E-state index is 8.65. The first kappa shape index (κ1) is 10.4. The lowest BCUT2D eigenvalue weighted by molar-refractivity contribution is -0.0244. The smallest absolute Gasteiger partial charge is 0.0837 e. The predicted molar refractivity (Wildman–Crippen MR) is 52.2 cm³/mol. The molecule has 2 heterocycles. The van der Waals surface area contributed by atoms with Gasteiger partial charge in [0.2, 0.25) is 0 Å². The Labute approximate surface area is 84.6 Å². The lowest BCUT2D eigenvalue weighted by Crippen LogP contribution is -2.41. The molecule has 2 rings (SSSR count). The molecule has 1 spiro atoms. The van der Waals surface area contributed by atoms with Crippen LogP contribution in [0, 0.1) is 0 Å². The Hall–Kier alpha value is -0.160. The van der Waals surface area contributed by atoms with Gasteiger partial charge in [0.15, 0.2) is 0 Å². The van der Waals surface area contributed by atoms with Crippen LogP contribution in [0.4, 0.5) is 0 Å². The van der Waals surface area contributed by atoms with E-state index in [4.69, 9.17) is 14.6 Å². The molecule has 4 heteroatoms. The van der Waals surface area contributed by atoms with E-state index >= 15 is 0 Å². The Morgan fingerprint density at radius 1 is 1.43 bits per heavy atom. The van der Waals surface area contributed by atoms with E-state index in [2.05, 4.69) is 5.32 Å². The summed E-state index contributed by atoms with van der Waals surface area (Å²) in [7, 11) is 0. The molecule has 2 fully saturated rings. The molecular formula is C10H19NO3. The van der Waals surface area contributed by atoms with Crippen molar-refractivity contribution in [3.8, 4) is 0 Å². The summed E-state index contributed by atoms with van der Waals surface area (Å²) in [4.78, 5) is 0. The van der Waals surface area contributed by atoms with Crippen LogP contribution in [-0.4, -0.2) is 49.7 Å². The number of nitrogens with one attached hydrogen (secondary N) is 1. The third kappa shape index (κ3) is 2.25. The molecule has 0 aromatic heterocycles. The first-order valence-corrected chi connectivity index (χ1v) is 5.42. The van der Waals surface area contributed by atoms with Gasteiger partial charge in [-0.15, -0.1) is 0 Å². The number of ether oxygens (including phenoxy) is 2. The van der Waals surface area contributed by atoms with Gasteiger partial charge in [-0.25, -0.2) is 0 Å². The van der Waals surface area contributed by atoms with Gasteiger partial charge < -0.3 is 19.9 Å². The van der Waals surface area contributed by atoms with Crippen LogP contribution in [0.25, 0.3) is 0 Å². The molecule has 0 aromatic carbocycles. The van der Waals surface area contributed by atoms with Crippen molar-refractivity contribution < 1.29 is 14.6 Å². The van der Waals surface area contributed by atoms with Crippen LogP contribution in [0.3, 0.4) is 0 Å². The molecule has 0 bridgehead atoms. The fourth-order valence-corrected chi connectivity index (χ4v) is 2.36. The van der Waals surface area contributed by atoms with Gasteiger partial charge in [-0.2, -0.15) is 0 Å². The zero-order chi connectivity index (χ0) is 9.86. The summed E-state index contributed by atoms with van der Waals surface area (Å²) < 4.78 is 11.3. The zero-order valence-electron chi connectivity index (χ0n) is 8.50. The molecule has 2 aliphatic rings. The Morgan fingerprint density at radius 3 is 2.93 bits per heavy atom. The van der Waals surface area contributed by atoms with Crippen molar-refractivity contribution in [1.82, 2.24) is 5.32 Å². The minimum Gasteiger partial charge on any atom is -0.394 e. The van der Waals surface area contributed by atoms with Crippen molar-refractivity contribution in [2.75, 3.05) is 32.9 Å². The van der Waals surface area contributed by atoms with Crippen molar-refractivity contribution >= 4 is 0 Å². The van der Waals surface area contributed by atoms with Crippen molar-refractivity contribution in [3.05, 3.63) is 0 Å². The van der Waals surface area contributed by atoms with E-state index in [1.807, 2.05) is 0 Å². The topological polar surface area (TPSA) is 50.7 Å². The quantitative estimate of drug-likeness (QED) is 0.670. The molecule has 1 atom stereocenters. The van der Waals surface area contributed by atoms with E-state index in [1.165, 1.54) is 0 Å². The second-order valence-electron chi connectivity index (χ2n) is 4.16. The largest absolute Gasteiger partial charge is 0.394 e. The molecule has 82 valence electrons. The highest BCUT2D eigenvalue weighted by atomic mass is 16.6. The van der Waals surface area contributed by atoms with Gasteiger partial charge in [0, 0.05) is 6.42 Å². The minimum absolute atomic E-state index is 0.0748. The molecule has 4 nitrogen and oxygen atoms in total. The maximum absolute atomic E-state index is 8.65. The first-order chi connectivity index (χ1) is 6.85. The van der Waals surface area contributed by atoms with Gasteiger partial charge in [-0.05, 0) is 25.9 Å². The number of aliphatic hydroxyl groups excluding tert-OH is 1. The van der Waals surface area contributed by atoms with Gasteiger partial charge >= 0.3 is 0 Å². The summed E-state index contributed by atoms with van der Waals surface area (Å²) in [6.07, 6.45) is 3.37. The average molecular weight is 201 g/mol. The highest BCUT2D eigenvalue weighted by Crippen LogP contribution is 2.34. The lowest BCUT2D eigenvalue weighted by Gasteiger charge is -2.32. The van der Waals surface area contributed by atoms with Crippen LogP contribution >= 0.6 is 0 Å². The van der Waals surface area contributed by atoms with Crippen LogP contribution < -0.4 is 5.32 Å². The highest BCUT2D eigenvalue weighted by Gasteiger charge is 2.41. The number of hydrogen-bond donors (Lipinski definition) is 2. The molecular weight excluding hydrogens is 182 g/mol. The first-order valence-electron chi connectivity index (χ1n) is 5.42. The Balaban J connectivity index is 1.80. The minimum atomic E-state index is 0.0748. The predicted octanol–water partition coefficient (Wildman–Crippen LogP) is -0.0936. The Morgan fingerprint density at radius 2 is 2.21 bits per heavy atom. The Kier molecular flexibility index (Phi) is 3.38. The third-order valence-electron chi connectivity index (χ3n) is 3.13. The fourth-order valence-electron chi connectivity index (χ4n) is 2.36.